The third kappa shape index (κ3) is 7.74. The van der Waals surface area contributed by atoms with Crippen molar-refractivity contribution in [2.75, 3.05) is 57.9 Å². The van der Waals surface area contributed by atoms with E-state index in [0.717, 1.165) is 71.2 Å². The van der Waals surface area contributed by atoms with E-state index in [0.29, 0.717) is 12.6 Å². The Bertz CT molecular complexity index is 667. The molecule has 1 aromatic carbocycles. The summed E-state index contributed by atoms with van der Waals surface area (Å²) in [6.07, 6.45) is 7.87. The Morgan fingerprint density at radius 3 is 2.63 bits per heavy atom. The van der Waals surface area contributed by atoms with E-state index in [1.54, 1.807) is 7.11 Å². The van der Waals surface area contributed by atoms with Crippen LogP contribution >= 0.6 is 24.0 Å². The topological polar surface area (TPSA) is 49.3 Å². The van der Waals surface area contributed by atoms with Gasteiger partial charge in [-0.2, -0.15) is 0 Å². The van der Waals surface area contributed by atoms with Crippen LogP contribution in [0, 0.1) is 0 Å². The fourth-order valence-corrected chi connectivity index (χ4v) is 3.82. The van der Waals surface area contributed by atoms with Crippen molar-refractivity contribution in [1.82, 2.24) is 10.2 Å². The molecule has 2 aliphatic rings. The predicted molar refractivity (Wildman–Crippen MR) is 135 cm³/mol. The highest BCUT2D eigenvalue weighted by Gasteiger charge is 2.21. The highest BCUT2D eigenvalue weighted by Crippen LogP contribution is 2.19. The van der Waals surface area contributed by atoms with Gasteiger partial charge in [-0.05, 0) is 43.9 Å². The van der Waals surface area contributed by atoms with Crippen LogP contribution in [0.1, 0.15) is 31.7 Å². The van der Waals surface area contributed by atoms with Gasteiger partial charge >= 0.3 is 0 Å². The molecule has 2 heterocycles. The summed E-state index contributed by atoms with van der Waals surface area (Å²) in [7, 11) is 1.74. The van der Waals surface area contributed by atoms with Crippen molar-refractivity contribution in [1.29, 1.82) is 0 Å². The molecule has 0 saturated carbocycles. The van der Waals surface area contributed by atoms with Gasteiger partial charge in [0.15, 0.2) is 5.96 Å². The lowest BCUT2D eigenvalue weighted by molar-refractivity contribution is 0.00990. The fourth-order valence-electron chi connectivity index (χ4n) is 3.82. The SMILES string of the molecule is CCNC(=NCc1cccc(N2CC=CC2)c1)N1CCC(OCCCOC)CC1.I. The molecule has 0 atom stereocenters. The van der Waals surface area contributed by atoms with Crippen molar-refractivity contribution in [3.05, 3.63) is 42.0 Å². The van der Waals surface area contributed by atoms with Crippen molar-refractivity contribution in [2.45, 2.75) is 38.8 Å². The lowest BCUT2D eigenvalue weighted by atomic mass is 10.1. The van der Waals surface area contributed by atoms with Gasteiger partial charge in [0, 0.05) is 58.7 Å². The molecule has 2 aliphatic heterocycles. The third-order valence-electron chi connectivity index (χ3n) is 5.43. The standard InChI is InChI=1S/C23H36N4O2.HI/c1-3-24-23(27-14-10-22(11-15-27)29-17-7-16-28-2)25-19-20-8-6-9-21(18-20)26-12-4-5-13-26;/h4-6,8-9,18,22H,3,7,10-17,19H2,1-2H3,(H,24,25);1H. The van der Waals surface area contributed by atoms with E-state index in [1.807, 2.05) is 0 Å². The summed E-state index contributed by atoms with van der Waals surface area (Å²) in [5, 5.41) is 3.47. The summed E-state index contributed by atoms with van der Waals surface area (Å²) < 4.78 is 11.1. The van der Waals surface area contributed by atoms with Crippen LogP contribution in [0.15, 0.2) is 41.4 Å². The second-order valence-corrected chi connectivity index (χ2v) is 7.62. The van der Waals surface area contributed by atoms with Crippen LogP contribution in [-0.4, -0.2) is 70.0 Å². The van der Waals surface area contributed by atoms with Crippen molar-refractivity contribution in [2.24, 2.45) is 4.99 Å². The van der Waals surface area contributed by atoms with Crippen LogP contribution in [0.5, 0.6) is 0 Å². The maximum Gasteiger partial charge on any atom is 0.194 e. The zero-order chi connectivity index (χ0) is 20.3. The van der Waals surface area contributed by atoms with E-state index >= 15 is 0 Å². The molecule has 0 unspecified atom stereocenters. The molecule has 0 bridgehead atoms. The number of hydrogen-bond donors (Lipinski definition) is 1. The van der Waals surface area contributed by atoms with Crippen molar-refractivity contribution < 1.29 is 9.47 Å². The van der Waals surface area contributed by atoms with Gasteiger partial charge in [0.2, 0.25) is 0 Å². The van der Waals surface area contributed by atoms with E-state index in [9.17, 15) is 0 Å². The number of methoxy groups -OCH3 is 1. The number of nitrogens with zero attached hydrogens (tertiary/aromatic N) is 3. The van der Waals surface area contributed by atoms with Crippen molar-refractivity contribution in [3.8, 4) is 0 Å². The minimum atomic E-state index is 0. The zero-order valence-electron chi connectivity index (χ0n) is 18.4. The number of nitrogens with one attached hydrogen (secondary N) is 1. The summed E-state index contributed by atoms with van der Waals surface area (Å²) in [5.41, 5.74) is 2.53. The molecule has 1 N–H and O–H groups in total. The van der Waals surface area contributed by atoms with Gasteiger partial charge in [-0.1, -0.05) is 24.3 Å². The molecule has 0 spiro atoms. The maximum atomic E-state index is 5.99. The summed E-state index contributed by atoms with van der Waals surface area (Å²) in [5.74, 6) is 1.01. The molecule has 0 radical (unpaired) electrons. The van der Waals surface area contributed by atoms with Crippen LogP contribution in [-0.2, 0) is 16.0 Å². The number of rotatable bonds is 9. The Morgan fingerprint density at radius 2 is 1.93 bits per heavy atom. The normalized spacial score (nSPS) is 17.3. The van der Waals surface area contributed by atoms with Gasteiger partial charge in [0.1, 0.15) is 0 Å². The molecule has 1 fully saturated rings. The second-order valence-electron chi connectivity index (χ2n) is 7.62. The summed E-state index contributed by atoms with van der Waals surface area (Å²) in [4.78, 5) is 9.67. The highest BCUT2D eigenvalue weighted by atomic mass is 127. The molecule has 6 nitrogen and oxygen atoms in total. The predicted octanol–water partition coefficient (Wildman–Crippen LogP) is 3.66. The molecular weight excluding hydrogens is 491 g/mol. The van der Waals surface area contributed by atoms with Crippen LogP contribution in [0.4, 0.5) is 5.69 Å². The van der Waals surface area contributed by atoms with Gasteiger partial charge in [-0.3, -0.25) is 0 Å². The molecule has 1 aromatic rings. The Balaban J connectivity index is 0.00000320. The first-order valence-electron chi connectivity index (χ1n) is 10.9. The monoisotopic (exact) mass is 528 g/mol. The van der Waals surface area contributed by atoms with Crippen LogP contribution in [0.25, 0.3) is 0 Å². The maximum absolute atomic E-state index is 5.99. The zero-order valence-corrected chi connectivity index (χ0v) is 20.7. The number of benzene rings is 1. The molecule has 0 aliphatic carbocycles. The Hall–Kier alpha value is -1.32. The van der Waals surface area contributed by atoms with E-state index in [2.05, 4.69) is 58.5 Å². The average Bonchev–Trinajstić information content (AvgIpc) is 3.30. The van der Waals surface area contributed by atoms with Crippen molar-refractivity contribution >= 4 is 35.6 Å². The number of hydrogen-bond acceptors (Lipinski definition) is 4. The van der Waals surface area contributed by atoms with Gasteiger partial charge < -0.3 is 24.6 Å². The third-order valence-corrected chi connectivity index (χ3v) is 5.43. The first-order valence-corrected chi connectivity index (χ1v) is 10.9. The van der Waals surface area contributed by atoms with E-state index in [-0.39, 0.29) is 24.0 Å². The Kier molecular flexibility index (Phi) is 11.5. The van der Waals surface area contributed by atoms with Crippen LogP contribution < -0.4 is 10.2 Å². The number of ether oxygens (including phenoxy) is 2. The molecular formula is C23H37IN4O2. The smallest absolute Gasteiger partial charge is 0.194 e. The van der Waals surface area contributed by atoms with E-state index in [4.69, 9.17) is 14.5 Å². The fraction of sp³-hybridized carbons (Fsp3) is 0.609. The minimum absolute atomic E-state index is 0. The number of anilines is 1. The number of likely N-dealkylation sites (tertiary alicyclic amines) is 1. The summed E-state index contributed by atoms with van der Waals surface area (Å²) in [6.45, 7) is 9.23. The number of halogens is 1. The number of guanidine groups is 1. The van der Waals surface area contributed by atoms with Crippen molar-refractivity contribution in [3.63, 3.8) is 0 Å². The average molecular weight is 528 g/mol. The summed E-state index contributed by atoms with van der Waals surface area (Å²) in [6, 6.07) is 8.75. The molecule has 0 aromatic heterocycles. The largest absolute Gasteiger partial charge is 0.385 e. The van der Waals surface area contributed by atoms with Gasteiger partial charge in [-0.15, -0.1) is 24.0 Å². The van der Waals surface area contributed by atoms with E-state index in [1.165, 1.54) is 11.3 Å². The van der Waals surface area contributed by atoms with E-state index < -0.39 is 0 Å². The molecule has 30 heavy (non-hydrogen) atoms. The quantitative estimate of drug-likeness (QED) is 0.174. The summed E-state index contributed by atoms with van der Waals surface area (Å²) >= 11 is 0. The molecule has 7 heteroatoms. The number of aliphatic imine (C=N–C) groups is 1. The molecule has 168 valence electrons. The lowest BCUT2D eigenvalue weighted by Crippen LogP contribution is -2.47. The minimum Gasteiger partial charge on any atom is -0.385 e. The van der Waals surface area contributed by atoms with Crippen LogP contribution in [0.2, 0.25) is 0 Å². The second kappa shape index (κ2) is 13.9. The number of piperidine rings is 1. The first-order chi connectivity index (χ1) is 14.3. The van der Waals surface area contributed by atoms with Crippen LogP contribution in [0.3, 0.4) is 0 Å². The van der Waals surface area contributed by atoms with Gasteiger partial charge in [0.25, 0.3) is 0 Å². The molecule has 1 saturated heterocycles. The first kappa shape index (κ1) is 24.9. The highest BCUT2D eigenvalue weighted by molar-refractivity contribution is 14.0. The Morgan fingerprint density at radius 1 is 1.17 bits per heavy atom. The van der Waals surface area contributed by atoms with Gasteiger partial charge in [0.05, 0.1) is 12.6 Å². The Labute approximate surface area is 198 Å². The molecule has 0 amide bonds. The molecule has 3 rings (SSSR count). The van der Waals surface area contributed by atoms with Gasteiger partial charge in [-0.25, -0.2) is 4.99 Å². The lowest BCUT2D eigenvalue weighted by Gasteiger charge is -2.34.